The summed E-state index contributed by atoms with van der Waals surface area (Å²) in [6, 6.07) is 7.65. The summed E-state index contributed by atoms with van der Waals surface area (Å²) in [5, 5.41) is 53.7. The lowest BCUT2D eigenvalue weighted by Gasteiger charge is -2.21. The number of aliphatic hydroxyl groups is 4. The van der Waals surface area contributed by atoms with Crippen LogP contribution in [0.5, 0.6) is 17.2 Å². The van der Waals surface area contributed by atoms with Gasteiger partial charge in [-0.1, -0.05) is 6.07 Å². The Morgan fingerprint density at radius 3 is 2.16 bits per heavy atom. The number of phenolic OH excluding ortho intramolecular Hbond substituents is 1. The molecule has 4 aromatic rings. The molecule has 0 bridgehead atoms. The number of hydrogen-bond acceptors (Lipinski definition) is 10. The van der Waals surface area contributed by atoms with Crippen LogP contribution in [0, 0.1) is 0 Å². The highest BCUT2D eigenvalue weighted by molar-refractivity contribution is 6.19. The Morgan fingerprint density at radius 1 is 0.892 bits per heavy atom. The van der Waals surface area contributed by atoms with E-state index in [1.807, 2.05) is 0 Å². The normalized spacial score (nSPS) is 23.6. The Hall–Kier alpha value is -3.41. The van der Waals surface area contributed by atoms with Crippen LogP contribution in [0.1, 0.15) is 37.2 Å². The van der Waals surface area contributed by atoms with Crippen LogP contribution in [0.3, 0.4) is 0 Å². The molecular weight excluding hydrogens is 484 g/mol. The Bertz CT molecular complexity index is 1570. The molecule has 2 heterocycles. The van der Waals surface area contributed by atoms with Crippen molar-refractivity contribution in [1.29, 1.82) is 0 Å². The summed E-state index contributed by atoms with van der Waals surface area (Å²) in [6.45, 7) is 3.01. The van der Waals surface area contributed by atoms with Gasteiger partial charge in [0.1, 0.15) is 47.2 Å². The zero-order valence-corrected chi connectivity index (χ0v) is 20.6. The van der Waals surface area contributed by atoms with Crippen LogP contribution in [0.4, 0.5) is 0 Å². The van der Waals surface area contributed by atoms with Crippen molar-refractivity contribution < 1.29 is 44.2 Å². The smallest absolute Gasteiger partial charge is 0.344 e. The first-order chi connectivity index (χ1) is 17.6. The molecule has 5 rings (SSSR count). The van der Waals surface area contributed by atoms with Crippen LogP contribution >= 0.6 is 0 Å². The Morgan fingerprint density at radius 2 is 1.57 bits per heavy atom. The van der Waals surface area contributed by atoms with E-state index < -0.39 is 42.2 Å². The maximum absolute atomic E-state index is 13.3. The molecule has 10 heteroatoms. The zero-order chi connectivity index (χ0) is 26.8. The Labute approximate surface area is 210 Å². The van der Waals surface area contributed by atoms with Gasteiger partial charge in [-0.3, -0.25) is 0 Å². The molecule has 6 atom stereocenters. The van der Waals surface area contributed by atoms with E-state index in [4.69, 9.17) is 18.6 Å². The van der Waals surface area contributed by atoms with E-state index in [2.05, 4.69) is 0 Å². The van der Waals surface area contributed by atoms with Gasteiger partial charge in [0.05, 0.1) is 37.2 Å². The van der Waals surface area contributed by atoms with Crippen molar-refractivity contribution >= 4 is 32.5 Å². The van der Waals surface area contributed by atoms with E-state index in [-0.39, 0.29) is 33.2 Å². The number of methoxy groups -OCH3 is 2. The molecule has 0 aliphatic carbocycles. The molecule has 1 fully saturated rings. The second-order valence-corrected chi connectivity index (χ2v) is 9.33. The lowest BCUT2D eigenvalue weighted by molar-refractivity contribution is -0.0586. The van der Waals surface area contributed by atoms with Crippen molar-refractivity contribution in [2.45, 2.75) is 50.5 Å². The van der Waals surface area contributed by atoms with Crippen molar-refractivity contribution in [3.63, 3.8) is 0 Å². The first-order valence-corrected chi connectivity index (χ1v) is 11.8. The van der Waals surface area contributed by atoms with Gasteiger partial charge in [0, 0.05) is 16.2 Å². The largest absolute Gasteiger partial charge is 0.507 e. The zero-order valence-electron chi connectivity index (χ0n) is 20.6. The fraction of sp³-hybridized carbons (Fsp3) is 0.370. The standard InChI is InChI=1S/C27H28O10/c1-10(28)12-7-15-19(17(8-12)34-3)14-9-18(35-4)21-16(30)6-5-13(20(21)25(14)37-27(15)33)26-23(32)22(31)24(36-26)11(2)29/h5-11,22-24,26,28-32H,1-4H3/t10-,11-,22+,23+,24-,26+/m0/s1. The molecule has 1 aromatic heterocycles. The van der Waals surface area contributed by atoms with E-state index in [0.717, 1.165) is 0 Å². The number of ether oxygens (including phenoxy) is 3. The number of benzene rings is 3. The summed E-state index contributed by atoms with van der Waals surface area (Å²) in [5.74, 6) is 0.395. The molecular formula is C27H28O10. The maximum atomic E-state index is 13.3. The van der Waals surface area contributed by atoms with Crippen LogP contribution in [-0.4, -0.2) is 64.2 Å². The number of hydrogen-bond donors (Lipinski definition) is 5. The molecule has 1 saturated heterocycles. The van der Waals surface area contributed by atoms with E-state index in [9.17, 15) is 30.3 Å². The van der Waals surface area contributed by atoms with Gasteiger partial charge in [-0.05, 0) is 49.2 Å². The molecule has 5 N–H and O–H groups in total. The molecule has 0 saturated carbocycles. The third kappa shape index (κ3) is 3.80. The first-order valence-electron chi connectivity index (χ1n) is 11.8. The first kappa shape index (κ1) is 25.2. The fourth-order valence-corrected chi connectivity index (χ4v) is 5.18. The van der Waals surface area contributed by atoms with Gasteiger partial charge in [-0.15, -0.1) is 0 Å². The maximum Gasteiger partial charge on any atom is 0.344 e. The molecule has 0 unspecified atom stereocenters. The highest BCUT2D eigenvalue weighted by atomic mass is 16.6. The summed E-state index contributed by atoms with van der Waals surface area (Å²) < 4.78 is 22.9. The quantitative estimate of drug-likeness (QED) is 0.199. The Kier molecular flexibility index (Phi) is 6.25. The predicted molar refractivity (Wildman–Crippen MR) is 134 cm³/mol. The van der Waals surface area contributed by atoms with E-state index in [1.54, 1.807) is 19.1 Å². The van der Waals surface area contributed by atoms with Crippen LogP contribution in [0.2, 0.25) is 0 Å². The van der Waals surface area contributed by atoms with Crippen LogP contribution in [-0.2, 0) is 4.74 Å². The van der Waals surface area contributed by atoms with Gasteiger partial charge >= 0.3 is 5.63 Å². The molecule has 0 spiro atoms. The van der Waals surface area contributed by atoms with Crippen molar-refractivity contribution in [3.05, 3.63) is 51.9 Å². The topological polar surface area (TPSA) is 159 Å². The van der Waals surface area contributed by atoms with Crippen LogP contribution < -0.4 is 15.1 Å². The Balaban J connectivity index is 1.94. The second kappa shape index (κ2) is 9.16. The van der Waals surface area contributed by atoms with Crippen molar-refractivity contribution in [3.8, 4) is 17.2 Å². The van der Waals surface area contributed by atoms with E-state index >= 15 is 0 Å². The molecule has 0 amide bonds. The second-order valence-electron chi connectivity index (χ2n) is 9.33. The summed E-state index contributed by atoms with van der Waals surface area (Å²) in [7, 11) is 2.86. The highest BCUT2D eigenvalue weighted by Crippen LogP contribution is 2.47. The molecule has 37 heavy (non-hydrogen) atoms. The summed E-state index contributed by atoms with van der Waals surface area (Å²) in [6.07, 6.45) is -6.90. The number of aliphatic hydroxyl groups excluding tert-OH is 4. The molecule has 0 radical (unpaired) electrons. The number of fused-ring (bicyclic) bond motifs is 5. The van der Waals surface area contributed by atoms with Crippen molar-refractivity contribution in [1.82, 2.24) is 0 Å². The van der Waals surface area contributed by atoms with Gasteiger partial charge in [-0.2, -0.15) is 0 Å². The van der Waals surface area contributed by atoms with Gasteiger partial charge in [0.25, 0.3) is 0 Å². The minimum atomic E-state index is -1.41. The molecule has 196 valence electrons. The van der Waals surface area contributed by atoms with Gasteiger partial charge in [0.15, 0.2) is 0 Å². The van der Waals surface area contributed by atoms with Gasteiger partial charge in [0.2, 0.25) is 0 Å². The minimum absolute atomic E-state index is 0.0769. The lowest BCUT2D eigenvalue weighted by Crippen LogP contribution is -2.36. The highest BCUT2D eigenvalue weighted by Gasteiger charge is 2.46. The number of phenols is 1. The SMILES string of the molecule is COc1cc2c(oc(=O)c3cc([C@H](C)O)cc(OC)c32)c2c([C@H]3O[C@@H]([C@H](C)O)[C@H](O)[C@H]3O)ccc(O)c12. The van der Waals surface area contributed by atoms with Crippen molar-refractivity contribution in [2.75, 3.05) is 14.2 Å². The molecule has 10 nitrogen and oxygen atoms in total. The summed E-state index contributed by atoms with van der Waals surface area (Å²) in [5.41, 5.74) is 0.142. The average Bonchev–Trinajstić information content (AvgIpc) is 3.17. The van der Waals surface area contributed by atoms with E-state index in [0.29, 0.717) is 27.6 Å². The average molecular weight is 513 g/mol. The van der Waals surface area contributed by atoms with Gasteiger partial charge < -0.3 is 44.2 Å². The monoisotopic (exact) mass is 512 g/mol. The number of rotatable bonds is 5. The minimum Gasteiger partial charge on any atom is -0.507 e. The third-order valence-corrected chi connectivity index (χ3v) is 7.02. The number of aromatic hydroxyl groups is 1. The lowest BCUT2D eigenvalue weighted by atomic mass is 9.92. The van der Waals surface area contributed by atoms with Gasteiger partial charge in [-0.25, -0.2) is 4.79 Å². The molecule has 3 aromatic carbocycles. The predicted octanol–water partition coefficient (Wildman–Crippen LogP) is 2.42. The summed E-state index contributed by atoms with van der Waals surface area (Å²) in [4.78, 5) is 13.3. The fourth-order valence-electron chi connectivity index (χ4n) is 5.18. The van der Waals surface area contributed by atoms with Crippen molar-refractivity contribution in [2.24, 2.45) is 0 Å². The van der Waals surface area contributed by atoms with Crippen LogP contribution in [0.25, 0.3) is 32.5 Å². The molecule has 1 aliphatic rings. The summed E-state index contributed by atoms with van der Waals surface area (Å²) >= 11 is 0. The van der Waals surface area contributed by atoms with E-state index in [1.165, 1.54) is 39.3 Å². The molecule has 1 aliphatic heterocycles. The third-order valence-electron chi connectivity index (χ3n) is 7.02. The van der Waals surface area contributed by atoms with Crippen LogP contribution in [0.15, 0.2) is 39.5 Å².